The third kappa shape index (κ3) is 1.95. The summed E-state index contributed by atoms with van der Waals surface area (Å²) in [5.41, 5.74) is 0.0281. The molecule has 0 amide bonds. The molecule has 2 heterocycles. The van der Waals surface area contributed by atoms with Crippen LogP contribution in [0.5, 0.6) is 0 Å². The summed E-state index contributed by atoms with van der Waals surface area (Å²) in [5, 5.41) is 19.4. The minimum Gasteiger partial charge on any atom is -0.476 e. The lowest BCUT2D eigenvalue weighted by Gasteiger charge is -2.02. The summed E-state index contributed by atoms with van der Waals surface area (Å²) in [5.74, 6) is -1.57. The second kappa shape index (κ2) is 4.00. The van der Waals surface area contributed by atoms with E-state index in [1.807, 2.05) is 0 Å². The average molecular weight is 234 g/mol. The van der Waals surface area contributed by atoms with E-state index < -0.39 is 10.9 Å². The largest absolute Gasteiger partial charge is 0.476 e. The molecule has 0 aliphatic rings. The van der Waals surface area contributed by atoms with E-state index in [0.717, 1.165) is 6.20 Å². The van der Waals surface area contributed by atoms with Crippen molar-refractivity contribution in [2.24, 2.45) is 0 Å². The molecule has 0 radical (unpaired) electrons. The number of carbonyl (C=O) groups is 1. The normalized spacial score (nSPS) is 10.1. The van der Waals surface area contributed by atoms with Crippen LogP contribution in [0.4, 0.5) is 5.82 Å². The van der Waals surface area contributed by atoms with Gasteiger partial charge in [-0.15, -0.1) is 0 Å². The fraction of sp³-hybridized carbons (Fsp3) is 0. The molecule has 0 saturated carbocycles. The van der Waals surface area contributed by atoms with Crippen LogP contribution in [-0.4, -0.2) is 30.5 Å². The maximum Gasteiger partial charge on any atom is 0.381 e. The van der Waals surface area contributed by atoms with Gasteiger partial charge in [0.25, 0.3) is 0 Å². The van der Waals surface area contributed by atoms with Crippen molar-refractivity contribution in [2.45, 2.75) is 0 Å². The van der Waals surface area contributed by atoms with Crippen molar-refractivity contribution in [1.82, 2.24) is 14.5 Å². The predicted octanol–water partition coefficient (Wildman–Crippen LogP) is 0.874. The minimum atomic E-state index is -1.21. The molecule has 0 atom stereocenters. The van der Waals surface area contributed by atoms with E-state index >= 15 is 0 Å². The number of aromatic carboxylic acids is 1. The first-order valence-corrected chi connectivity index (χ1v) is 4.46. The molecule has 86 valence electrons. The molecular formula is C9H6N4O4. The molecule has 2 rings (SSSR count). The molecule has 0 spiro atoms. The maximum atomic E-state index is 10.9. The van der Waals surface area contributed by atoms with Crippen LogP contribution in [0.1, 0.15) is 10.5 Å². The van der Waals surface area contributed by atoms with Gasteiger partial charge in [-0.25, -0.2) is 9.78 Å². The molecule has 17 heavy (non-hydrogen) atoms. The highest BCUT2D eigenvalue weighted by atomic mass is 16.6. The quantitative estimate of drug-likeness (QED) is 0.623. The lowest BCUT2D eigenvalue weighted by atomic mass is 10.3. The smallest absolute Gasteiger partial charge is 0.381 e. The molecule has 0 saturated heterocycles. The number of nitrogens with zero attached hydrogens (tertiary/aromatic N) is 4. The van der Waals surface area contributed by atoms with Crippen LogP contribution in [0, 0.1) is 10.1 Å². The summed E-state index contributed by atoms with van der Waals surface area (Å²) in [6, 6.07) is 3.02. The van der Waals surface area contributed by atoms with Gasteiger partial charge in [0, 0.05) is 6.20 Å². The van der Waals surface area contributed by atoms with Gasteiger partial charge in [-0.3, -0.25) is 4.57 Å². The van der Waals surface area contributed by atoms with E-state index in [1.165, 1.54) is 29.2 Å². The van der Waals surface area contributed by atoms with Crippen LogP contribution in [0.25, 0.3) is 5.69 Å². The Morgan fingerprint density at radius 1 is 1.47 bits per heavy atom. The number of imidazole rings is 1. The highest BCUT2D eigenvalue weighted by molar-refractivity contribution is 5.89. The predicted molar refractivity (Wildman–Crippen MR) is 55.0 cm³/mol. The second-order valence-corrected chi connectivity index (χ2v) is 3.07. The summed E-state index contributed by atoms with van der Waals surface area (Å²) in [6.07, 6.45) is 3.63. The van der Waals surface area contributed by atoms with Crippen LogP contribution in [0.15, 0.2) is 30.9 Å². The summed E-state index contributed by atoms with van der Waals surface area (Å²) < 4.78 is 1.24. The monoisotopic (exact) mass is 234 g/mol. The van der Waals surface area contributed by atoms with Crippen molar-refractivity contribution in [2.75, 3.05) is 0 Å². The Hall–Kier alpha value is -2.77. The van der Waals surface area contributed by atoms with Crippen LogP contribution in [-0.2, 0) is 0 Å². The molecule has 0 fully saturated rings. The molecule has 0 aliphatic carbocycles. The standard InChI is InChI=1S/C9H6N4O4/c14-9(15)8-6(2-1-3-10-8)12-4-7(11-5-12)13(16)17/h1-5H,(H,14,15). The number of carboxylic acids is 1. The van der Waals surface area contributed by atoms with Crippen LogP contribution in [0.2, 0.25) is 0 Å². The number of hydrogen-bond donors (Lipinski definition) is 1. The number of aromatic nitrogens is 3. The Kier molecular flexibility index (Phi) is 2.53. The Labute approximate surface area is 94.3 Å². The molecule has 1 N–H and O–H groups in total. The molecular weight excluding hydrogens is 228 g/mol. The highest BCUT2D eigenvalue weighted by Crippen LogP contribution is 2.15. The molecule has 8 nitrogen and oxygen atoms in total. The second-order valence-electron chi connectivity index (χ2n) is 3.07. The zero-order valence-electron chi connectivity index (χ0n) is 8.35. The molecule has 0 unspecified atom stereocenters. The molecule has 2 aromatic heterocycles. The third-order valence-electron chi connectivity index (χ3n) is 2.02. The zero-order chi connectivity index (χ0) is 12.4. The van der Waals surface area contributed by atoms with Crippen molar-refractivity contribution >= 4 is 11.8 Å². The van der Waals surface area contributed by atoms with Crippen molar-refractivity contribution in [3.05, 3.63) is 46.7 Å². The minimum absolute atomic E-state index is 0.195. The van der Waals surface area contributed by atoms with Gasteiger partial charge in [0.2, 0.25) is 6.33 Å². The van der Waals surface area contributed by atoms with E-state index in [1.54, 1.807) is 0 Å². The topological polar surface area (TPSA) is 111 Å². The third-order valence-corrected chi connectivity index (χ3v) is 2.02. The zero-order valence-corrected chi connectivity index (χ0v) is 8.35. The SMILES string of the molecule is O=C(O)c1ncccc1-n1cnc([N+](=O)[O-])c1. The van der Waals surface area contributed by atoms with Gasteiger partial charge in [-0.1, -0.05) is 0 Å². The Bertz CT molecular complexity index is 592. The molecule has 2 aromatic rings. The molecule has 0 aromatic carbocycles. The molecule has 0 bridgehead atoms. The fourth-order valence-corrected chi connectivity index (χ4v) is 1.31. The number of hydrogen-bond acceptors (Lipinski definition) is 5. The van der Waals surface area contributed by atoms with Crippen LogP contribution < -0.4 is 0 Å². The lowest BCUT2D eigenvalue weighted by molar-refractivity contribution is -0.389. The highest BCUT2D eigenvalue weighted by Gasteiger charge is 2.16. The Morgan fingerprint density at radius 3 is 2.82 bits per heavy atom. The number of pyridine rings is 1. The molecule has 0 aliphatic heterocycles. The first-order valence-electron chi connectivity index (χ1n) is 4.46. The van der Waals surface area contributed by atoms with Gasteiger partial charge >= 0.3 is 11.8 Å². The summed E-state index contributed by atoms with van der Waals surface area (Å²) >= 11 is 0. The van der Waals surface area contributed by atoms with Crippen molar-refractivity contribution in [1.29, 1.82) is 0 Å². The van der Waals surface area contributed by atoms with E-state index in [2.05, 4.69) is 9.97 Å². The average Bonchev–Trinajstić information content (AvgIpc) is 2.78. The van der Waals surface area contributed by atoms with Crippen molar-refractivity contribution in [3.8, 4) is 5.69 Å². The van der Waals surface area contributed by atoms with Gasteiger partial charge in [0.05, 0.1) is 5.69 Å². The van der Waals surface area contributed by atoms with Crippen molar-refractivity contribution in [3.63, 3.8) is 0 Å². The van der Waals surface area contributed by atoms with Gasteiger partial charge in [0.1, 0.15) is 6.20 Å². The first-order chi connectivity index (χ1) is 8.09. The van der Waals surface area contributed by atoms with Gasteiger partial charge < -0.3 is 15.2 Å². The molecule has 8 heteroatoms. The van der Waals surface area contributed by atoms with E-state index in [9.17, 15) is 14.9 Å². The van der Waals surface area contributed by atoms with Crippen LogP contribution in [0.3, 0.4) is 0 Å². The Morgan fingerprint density at radius 2 is 2.24 bits per heavy atom. The lowest BCUT2D eigenvalue weighted by Crippen LogP contribution is -2.06. The maximum absolute atomic E-state index is 10.9. The van der Waals surface area contributed by atoms with Gasteiger partial charge in [-0.05, 0) is 22.0 Å². The fourth-order valence-electron chi connectivity index (χ4n) is 1.31. The van der Waals surface area contributed by atoms with E-state index in [0.29, 0.717) is 0 Å². The van der Waals surface area contributed by atoms with Gasteiger partial charge in [-0.2, -0.15) is 0 Å². The number of nitro groups is 1. The van der Waals surface area contributed by atoms with Crippen LogP contribution >= 0.6 is 0 Å². The summed E-state index contributed by atoms with van der Waals surface area (Å²) in [4.78, 5) is 27.9. The number of rotatable bonds is 3. The van der Waals surface area contributed by atoms with Crippen molar-refractivity contribution < 1.29 is 14.8 Å². The first kappa shape index (κ1) is 10.7. The Balaban J connectivity index is 2.52. The van der Waals surface area contributed by atoms with E-state index in [4.69, 9.17) is 5.11 Å². The summed E-state index contributed by atoms with van der Waals surface area (Å²) in [6.45, 7) is 0. The summed E-state index contributed by atoms with van der Waals surface area (Å²) in [7, 11) is 0. The van der Waals surface area contributed by atoms with Gasteiger partial charge in [0.15, 0.2) is 5.69 Å². The number of carboxylic acid groups (broad SMARTS) is 1. The van der Waals surface area contributed by atoms with E-state index in [-0.39, 0.29) is 17.2 Å².